The molecular weight excluding hydrogens is 238 g/mol. The minimum Gasteiger partial charge on any atom is -0.493 e. The summed E-state index contributed by atoms with van der Waals surface area (Å²) in [7, 11) is 3.27. The summed E-state index contributed by atoms with van der Waals surface area (Å²) in [5.74, 6) is 1.50. The van der Waals surface area contributed by atoms with Crippen molar-refractivity contribution in [1.29, 1.82) is 0 Å². The van der Waals surface area contributed by atoms with Crippen molar-refractivity contribution in [1.82, 2.24) is 5.32 Å². The highest BCUT2D eigenvalue weighted by molar-refractivity contribution is 6.29. The van der Waals surface area contributed by atoms with Crippen LogP contribution in [0.25, 0.3) is 0 Å². The topological polar surface area (TPSA) is 30.5 Å². The van der Waals surface area contributed by atoms with E-state index < -0.39 is 0 Å². The Bertz CT molecular complexity index is 380. The molecule has 1 rings (SSSR count). The fourth-order valence-electron chi connectivity index (χ4n) is 1.49. The predicted octanol–water partition coefficient (Wildman–Crippen LogP) is 2.59. The third kappa shape index (κ3) is 4.67. The quantitative estimate of drug-likeness (QED) is 0.760. The second-order valence-electron chi connectivity index (χ2n) is 3.63. The molecule has 4 heteroatoms. The van der Waals surface area contributed by atoms with Crippen molar-refractivity contribution in [2.24, 2.45) is 0 Å². The Kier molecular flexibility index (Phi) is 5.87. The molecule has 3 nitrogen and oxygen atoms in total. The van der Waals surface area contributed by atoms with Crippen molar-refractivity contribution < 1.29 is 9.47 Å². The average molecular weight is 256 g/mol. The average Bonchev–Trinajstić information content (AvgIpc) is 2.34. The Balaban J connectivity index is 2.51. The van der Waals surface area contributed by atoms with Gasteiger partial charge in [-0.25, -0.2) is 0 Å². The minimum absolute atomic E-state index is 0.623. The molecule has 0 aliphatic rings. The molecule has 17 heavy (non-hydrogen) atoms. The van der Waals surface area contributed by atoms with Crippen LogP contribution >= 0.6 is 11.6 Å². The maximum Gasteiger partial charge on any atom is 0.160 e. The van der Waals surface area contributed by atoms with Crippen LogP contribution in [-0.2, 0) is 6.42 Å². The fourth-order valence-corrected chi connectivity index (χ4v) is 1.59. The highest BCUT2D eigenvalue weighted by Crippen LogP contribution is 2.27. The standard InChI is InChI=1S/C13H18ClNO2/c1-10(14)9-15-7-6-11-4-5-12(16-2)13(8-11)17-3/h4-5,8,15H,1,6-7,9H2,2-3H3. The Labute approximate surface area is 107 Å². The molecule has 0 aromatic heterocycles. The molecule has 94 valence electrons. The van der Waals surface area contributed by atoms with Gasteiger partial charge >= 0.3 is 0 Å². The molecule has 0 amide bonds. The second kappa shape index (κ2) is 7.20. The van der Waals surface area contributed by atoms with Crippen molar-refractivity contribution in [3.8, 4) is 11.5 Å². The van der Waals surface area contributed by atoms with Gasteiger partial charge in [-0.1, -0.05) is 24.2 Å². The molecule has 0 fully saturated rings. The lowest BCUT2D eigenvalue weighted by molar-refractivity contribution is 0.354. The van der Waals surface area contributed by atoms with Crippen LogP contribution in [0.3, 0.4) is 0 Å². The number of halogens is 1. The van der Waals surface area contributed by atoms with Crippen LogP contribution in [0.4, 0.5) is 0 Å². The van der Waals surface area contributed by atoms with Gasteiger partial charge < -0.3 is 14.8 Å². The number of hydrogen-bond donors (Lipinski definition) is 1. The van der Waals surface area contributed by atoms with Crippen LogP contribution < -0.4 is 14.8 Å². The SMILES string of the molecule is C=C(Cl)CNCCc1ccc(OC)c(OC)c1. The van der Waals surface area contributed by atoms with Crippen LogP contribution in [0.15, 0.2) is 29.8 Å². The van der Waals surface area contributed by atoms with Crippen LogP contribution in [0.2, 0.25) is 0 Å². The molecule has 0 spiro atoms. The first-order valence-corrected chi connectivity index (χ1v) is 5.80. The van der Waals surface area contributed by atoms with Gasteiger partial charge in [0.05, 0.1) is 14.2 Å². The fraction of sp³-hybridized carbons (Fsp3) is 0.385. The number of benzene rings is 1. The first-order chi connectivity index (χ1) is 8.17. The second-order valence-corrected chi connectivity index (χ2v) is 4.17. The van der Waals surface area contributed by atoms with Crippen molar-refractivity contribution in [2.75, 3.05) is 27.3 Å². The molecule has 0 aliphatic carbocycles. The summed E-state index contributed by atoms with van der Waals surface area (Å²) in [5.41, 5.74) is 1.19. The van der Waals surface area contributed by atoms with E-state index in [1.165, 1.54) is 5.56 Å². The maximum atomic E-state index is 5.65. The van der Waals surface area contributed by atoms with Crippen molar-refractivity contribution in [3.05, 3.63) is 35.4 Å². The Morgan fingerprint density at radius 1 is 1.29 bits per heavy atom. The summed E-state index contributed by atoms with van der Waals surface area (Å²) in [4.78, 5) is 0. The van der Waals surface area contributed by atoms with Gasteiger partial charge in [-0.05, 0) is 30.7 Å². The Morgan fingerprint density at radius 3 is 2.59 bits per heavy atom. The van der Waals surface area contributed by atoms with Crippen LogP contribution in [0.5, 0.6) is 11.5 Å². The molecule has 0 saturated carbocycles. The lowest BCUT2D eigenvalue weighted by atomic mass is 10.1. The van der Waals surface area contributed by atoms with Crippen molar-refractivity contribution in [3.63, 3.8) is 0 Å². The minimum atomic E-state index is 0.623. The largest absolute Gasteiger partial charge is 0.493 e. The lowest BCUT2D eigenvalue weighted by Gasteiger charge is -2.09. The summed E-state index contributed by atoms with van der Waals surface area (Å²) < 4.78 is 10.4. The third-order valence-corrected chi connectivity index (χ3v) is 2.49. The van der Waals surface area contributed by atoms with Gasteiger partial charge in [-0.2, -0.15) is 0 Å². The van der Waals surface area contributed by atoms with E-state index in [9.17, 15) is 0 Å². The van der Waals surface area contributed by atoms with Crippen LogP contribution in [0, 0.1) is 0 Å². The zero-order valence-corrected chi connectivity index (χ0v) is 11.0. The highest BCUT2D eigenvalue weighted by atomic mass is 35.5. The first-order valence-electron chi connectivity index (χ1n) is 5.42. The van der Waals surface area contributed by atoms with Crippen LogP contribution in [-0.4, -0.2) is 27.3 Å². The molecule has 1 aromatic carbocycles. The van der Waals surface area contributed by atoms with Gasteiger partial charge in [-0.3, -0.25) is 0 Å². The number of hydrogen-bond acceptors (Lipinski definition) is 3. The molecule has 1 aromatic rings. The third-order valence-electron chi connectivity index (χ3n) is 2.36. The number of ether oxygens (including phenoxy) is 2. The van der Waals surface area contributed by atoms with Gasteiger partial charge in [0.25, 0.3) is 0 Å². The molecule has 1 N–H and O–H groups in total. The summed E-state index contributed by atoms with van der Waals surface area (Å²) >= 11 is 5.65. The van der Waals surface area contributed by atoms with Gasteiger partial charge in [0.15, 0.2) is 11.5 Å². The zero-order chi connectivity index (χ0) is 12.7. The van der Waals surface area contributed by atoms with Crippen molar-refractivity contribution >= 4 is 11.6 Å². The summed E-state index contributed by atoms with van der Waals surface area (Å²) in [6.45, 7) is 5.10. The summed E-state index contributed by atoms with van der Waals surface area (Å²) in [6, 6.07) is 5.92. The van der Waals surface area contributed by atoms with E-state index in [-0.39, 0.29) is 0 Å². The monoisotopic (exact) mass is 255 g/mol. The first kappa shape index (κ1) is 13.9. The van der Waals surface area contributed by atoms with E-state index in [1.54, 1.807) is 14.2 Å². The van der Waals surface area contributed by atoms with Gasteiger partial charge in [0.1, 0.15) is 0 Å². The molecule has 0 atom stereocenters. The lowest BCUT2D eigenvalue weighted by Crippen LogP contribution is -2.18. The molecule has 0 aliphatic heterocycles. The number of nitrogens with one attached hydrogen (secondary N) is 1. The molecule has 0 radical (unpaired) electrons. The number of rotatable bonds is 7. The van der Waals surface area contributed by atoms with E-state index in [1.807, 2.05) is 18.2 Å². The van der Waals surface area contributed by atoms with E-state index in [0.29, 0.717) is 11.6 Å². The normalized spacial score (nSPS) is 10.1. The molecule has 0 heterocycles. The van der Waals surface area contributed by atoms with E-state index in [4.69, 9.17) is 21.1 Å². The smallest absolute Gasteiger partial charge is 0.160 e. The number of methoxy groups -OCH3 is 2. The highest BCUT2D eigenvalue weighted by Gasteiger charge is 2.04. The van der Waals surface area contributed by atoms with E-state index in [0.717, 1.165) is 24.5 Å². The molecular formula is C13H18ClNO2. The van der Waals surface area contributed by atoms with Gasteiger partial charge in [0.2, 0.25) is 0 Å². The predicted molar refractivity (Wildman–Crippen MR) is 71.1 cm³/mol. The zero-order valence-electron chi connectivity index (χ0n) is 10.3. The van der Waals surface area contributed by atoms with E-state index >= 15 is 0 Å². The molecule has 0 unspecified atom stereocenters. The maximum absolute atomic E-state index is 5.65. The van der Waals surface area contributed by atoms with E-state index in [2.05, 4.69) is 11.9 Å². The summed E-state index contributed by atoms with van der Waals surface area (Å²) in [6.07, 6.45) is 0.907. The van der Waals surface area contributed by atoms with Crippen LogP contribution in [0.1, 0.15) is 5.56 Å². The van der Waals surface area contributed by atoms with Gasteiger partial charge in [0, 0.05) is 11.6 Å². The van der Waals surface area contributed by atoms with Gasteiger partial charge in [-0.15, -0.1) is 0 Å². The molecule has 0 saturated heterocycles. The molecule has 0 bridgehead atoms. The van der Waals surface area contributed by atoms with Crippen molar-refractivity contribution in [2.45, 2.75) is 6.42 Å². The Morgan fingerprint density at radius 2 is 2.00 bits per heavy atom. The summed E-state index contributed by atoms with van der Waals surface area (Å²) in [5, 5.41) is 3.82. The Hall–Kier alpha value is -1.19.